The second-order valence-corrected chi connectivity index (χ2v) is 10.9. The maximum Gasteiger partial charge on any atom is 0.347 e. The number of esters is 1. The van der Waals surface area contributed by atoms with E-state index in [1.807, 2.05) is 0 Å². The minimum atomic E-state index is -3.77. The molecule has 140 valence electrons. The van der Waals surface area contributed by atoms with E-state index in [1.165, 1.54) is 7.11 Å². The molecule has 2 rings (SSSR count). The minimum absolute atomic E-state index is 0.122. The van der Waals surface area contributed by atoms with Gasteiger partial charge in [-0.25, -0.2) is 4.79 Å². The molecule has 0 spiro atoms. The zero-order valence-electron chi connectivity index (χ0n) is 14.6. The van der Waals surface area contributed by atoms with Gasteiger partial charge in [-0.15, -0.1) is 0 Å². The average molecular weight is 390 g/mol. The number of ether oxygens (including phenoxy) is 1. The van der Waals surface area contributed by atoms with Gasteiger partial charge in [0, 0.05) is 13.3 Å². The lowest BCUT2D eigenvalue weighted by Crippen LogP contribution is -2.28. The molecule has 7 nitrogen and oxygen atoms in total. The van der Waals surface area contributed by atoms with Crippen LogP contribution in [0.2, 0.25) is 0 Å². The van der Waals surface area contributed by atoms with Crippen LogP contribution in [0.1, 0.15) is 30.6 Å². The van der Waals surface area contributed by atoms with Crippen molar-refractivity contribution in [2.45, 2.75) is 31.8 Å². The van der Waals surface area contributed by atoms with Gasteiger partial charge in [0.15, 0.2) is 5.40 Å². The first kappa shape index (κ1) is 20.3. The lowest BCUT2D eigenvalue weighted by molar-refractivity contribution is 0.0320. The summed E-state index contributed by atoms with van der Waals surface area (Å²) in [6, 6.07) is 8.45. The molecule has 1 aromatic carbocycles. The van der Waals surface area contributed by atoms with Crippen LogP contribution < -0.4 is 0 Å². The quantitative estimate of drug-likeness (QED) is 0.487. The topological polar surface area (TPSA) is 88.1 Å². The fourth-order valence-electron chi connectivity index (χ4n) is 2.91. The lowest BCUT2D eigenvalue weighted by atomic mass is 10.2. The molecule has 0 radical (unpaired) electrons. The molecule has 1 fully saturated rings. The summed E-state index contributed by atoms with van der Waals surface area (Å²) in [6.07, 6.45) is -0.425. The van der Waals surface area contributed by atoms with Gasteiger partial charge in [-0.3, -0.25) is 9.13 Å². The summed E-state index contributed by atoms with van der Waals surface area (Å²) < 4.78 is 47.8. The van der Waals surface area contributed by atoms with Gasteiger partial charge >= 0.3 is 13.6 Å². The van der Waals surface area contributed by atoms with Crippen molar-refractivity contribution >= 4 is 20.9 Å². The van der Waals surface area contributed by atoms with Gasteiger partial charge < -0.3 is 18.3 Å². The van der Waals surface area contributed by atoms with Gasteiger partial charge in [0.05, 0.1) is 18.8 Å². The normalized spacial score (nSPS) is 26.5. The van der Waals surface area contributed by atoms with Crippen LogP contribution in [0.5, 0.6) is 0 Å². The van der Waals surface area contributed by atoms with Crippen molar-refractivity contribution in [2.24, 2.45) is 0 Å². The average Bonchev–Trinajstić information content (AvgIpc) is 2.94. The molecule has 1 heterocycles. The molecule has 9 heteroatoms. The first-order valence-corrected chi connectivity index (χ1v) is 11.7. The van der Waals surface area contributed by atoms with Gasteiger partial charge in [0.2, 0.25) is 7.37 Å². The number of carbonyl (C=O) groups excluding carboxylic acids is 1. The Morgan fingerprint density at radius 2 is 1.80 bits per heavy atom. The van der Waals surface area contributed by atoms with Crippen LogP contribution in [-0.2, 0) is 27.4 Å². The van der Waals surface area contributed by atoms with Gasteiger partial charge in [-0.2, -0.15) is 0 Å². The molecule has 1 saturated heterocycles. The predicted octanol–water partition coefficient (Wildman–Crippen LogP) is 4.13. The number of carbonyl (C=O) groups is 1. The summed E-state index contributed by atoms with van der Waals surface area (Å²) in [5, 5.41) is -1.11. The van der Waals surface area contributed by atoms with E-state index in [9.17, 15) is 13.9 Å². The lowest BCUT2D eigenvalue weighted by Gasteiger charge is -2.30. The number of hydrogen-bond acceptors (Lipinski definition) is 7. The second-order valence-electron chi connectivity index (χ2n) is 5.52. The maximum atomic E-state index is 13.2. The minimum Gasteiger partial charge on any atom is -0.457 e. The Morgan fingerprint density at radius 1 is 1.20 bits per heavy atom. The van der Waals surface area contributed by atoms with Crippen LogP contribution in [-0.4, -0.2) is 44.0 Å². The van der Waals surface area contributed by atoms with Crippen LogP contribution in [0.15, 0.2) is 30.3 Å². The van der Waals surface area contributed by atoms with Crippen molar-refractivity contribution in [1.29, 1.82) is 0 Å². The van der Waals surface area contributed by atoms with E-state index in [-0.39, 0.29) is 25.8 Å². The molecule has 3 atom stereocenters. The summed E-state index contributed by atoms with van der Waals surface area (Å²) in [5.74, 6) is -0.570. The Hall–Kier alpha value is -0.970. The molecule has 3 unspecified atom stereocenters. The standard InChI is InChI=1S/C16H24O7P2/c1-4-21-25(19,22-5-2)16-14(11-12-24(16,18)20-3)23-15(17)13-9-7-6-8-10-13/h6-10,14,16H,4-5,11-12H2,1-3H3. The zero-order valence-corrected chi connectivity index (χ0v) is 16.4. The second kappa shape index (κ2) is 8.61. The predicted molar refractivity (Wildman–Crippen MR) is 94.4 cm³/mol. The Balaban J connectivity index is 2.31. The van der Waals surface area contributed by atoms with E-state index in [1.54, 1.807) is 44.2 Å². The van der Waals surface area contributed by atoms with Crippen LogP contribution in [0.25, 0.3) is 0 Å². The zero-order chi connectivity index (χ0) is 18.5. The van der Waals surface area contributed by atoms with E-state index >= 15 is 0 Å². The number of hydrogen-bond donors (Lipinski definition) is 0. The maximum absolute atomic E-state index is 13.2. The Kier molecular flexibility index (Phi) is 7.01. The van der Waals surface area contributed by atoms with Crippen molar-refractivity contribution in [3.63, 3.8) is 0 Å². The number of benzene rings is 1. The van der Waals surface area contributed by atoms with Crippen molar-refractivity contribution in [1.82, 2.24) is 0 Å². The fourth-order valence-corrected chi connectivity index (χ4v) is 9.37. The van der Waals surface area contributed by atoms with Crippen molar-refractivity contribution < 1.29 is 32.2 Å². The third kappa shape index (κ3) is 4.42. The third-order valence-electron chi connectivity index (χ3n) is 3.98. The molecule has 0 amide bonds. The SMILES string of the molecule is CCOP(=O)(OCC)C1C(OC(=O)c2ccccc2)CCP1(=O)OC. The summed E-state index contributed by atoms with van der Waals surface area (Å²) in [5.41, 5.74) is 0.364. The van der Waals surface area contributed by atoms with Crippen LogP contribution in [0, 0.1) is 0 Å². The molecule has 0 aromatic heterocycles. The monoisotopic (exact) mass is 390 g/mol. The molecular formula is C16H24O7P2. The van der Waals surface area contributed by atoms with Gasteiger partial charge in [0.25, 0.3) is 0 Å². The van der Waals surface area contributed by atoms with Crippen LogP contribution in [0.3, 0.4) is 0 Å². The summed E-state index contributed by atoms with van der Waals surface area (Å²) >= 11 is 0. The molecule has 0 N–H and O–H groups in total. The highest BCUT2D eigenvalue weighted by Gasteiger charge is 2.59. The first-order valence-electron chi connectivity index (χ1n) is 8.19. The molecule has 1 aliphatic rings. The summed E-state index contributed by atoms with van der Waals surface area (Å²) in [6.45, 7) is 3.58. The van der Waals surface area contributed by atoms with E-state index in [2.05, 4.69) is 0 Å². The molecule has 1 aliphatic heterocycles. The van der Waals surface area contributed by atoms with Crippen molar-refractivity contribution in [2.75, 3.05) is 26.5 Å². The van der Waals surface area contributed by atoms with Gasteiger partial charge in [0.1, 0.15) is 6.10 Å². The fraction of sp³-hybridized carbons (Fsp3) is 0.562. The Bertz CT molecular complexity index is 666. The highest BCUT2D eigenvalue weighted by atomic mass is 31.2. The van der Waals surface area contributed by atoms with E-state index < -0.39 is 32.4 Å². The summed E-state index contributed by atoms with van der Waals surface area (Å²) in [7, 11) is -5.81. The molecule has 0 aliphatic carbocycles. The van der Waals surface area contributed by atoms with E-state index in [4.69, 9.17) is 18.3 Å². The highest BCUT2D eigenvalue weighted by molar-refractivity contribution is 7.75. The van der Waals surface area contributed by atoms with E-state index in [0.29, 0.717) is 5.56 Å². The van der Waals surface area contributed by atoms with Crippen molar-refractivity contribution in [3.05, 3.63) is 35.9 Å². The highest BCUT2D eigenvalue weighted by Crippen LogP contribution is 2.74. The molecule has 25 heavy (non-hydrogen) atoms. The molecule has 1 aromatic rings. The largest absolute Gasteiger partial charge is 0.457 e. The van der Waals surface area contributed by atoms with Crippen molar-refractivity contribution in [3.8, 4) is 0 Å². The molecule has 0 saturated carbocycles. The number of rotatable bonds is 8. The smallest absolute Gasteiger partial charge is 0.347 e. The van der Waals surface area contributed by atoms with Gasteiger partial charge in [-0.05, 0) is 32.4 Å². The summed E-state index contributed by atoms with van der Waals surface area (Å²) in [4.78, 5) is 12.4. The molecular weight excluding hydrogens is 366 g/mol. The van der Waals surface area contributed by atoms with Crippen LogP contribution >= 0.6 is 15.0 Å². The van der Waals surface area contributed by atoms with Crippen LogP contribution in [0.4, 0.5) is 0 Å². The Labute approximate surface area is 148 Å². The van der Waals surface area contributed by atoms with E-state index in [0.717, 1.165) is 0 Å². The van der Waals surface area contributed by atoms with Gasteiger partial charge in [-0.1, -0.05) is 18.2 Å². The third-order valence-corrected chi connectivity index (χ3v) is 10.7. The molecule has 0 bridgehead atoms. The first-order chi connectivity index (χ1) is 11.9. The Morgan fingerprint density at radius 3 is 2.32 bits per heavy atom.